The summed E-state index contributed by atoms with van der Waals surface area (Å²) in [6.07, 6.45) is 8.58. The molecule has 1 aliphatic carbocycles. The van der Waals surface area contributed by atoms with Crippen LogP contribution < -0.4 is 0 Å². The molecular formula is C15H19ClO2. The fourth-order valence-electron chi connectivity index (χ4n) is 2.37. The number of hydrogen-bond donors (Lipinski definition) is 0. The molecule has 0 unspecified atom stereocenters. The third-order valence-corrected chi connectivity index (χ3v) is 3.38. The van der Waals surface area contributed by atoms with Gasteiger partial charge in [-0.05, 0) is 36.0 Å². The molecule has 98 valence electrons. The Labute approximate surface area is 114 Å². The van der Waals surface area contributed by atoms with Gasteiger partial charge in [0.15, 0.2) is 0 Å². The minimum absolute atomic E-state index is 0. The van der Waals surface area contributed by atoms with Crippen LogP contribution in [-0.4, -0.2) is 13.1 Å². The Morgan fingerprint density at radius 3 is 2.39 bits per heavy atom. The van der Waals surface area contributed by atoms with E-state index in [4.69, 9.17) is 0 Å². The average Bonchev–Trinajstić information content (AvgIpc) is 2.90. The maximum Gasteiger partial charge on any atom is 0.330 e. The predicted molar refractivity (Wildman–Crippen MR) is 75.9 cm³/mol. The highest BCUT2D eigenvalue weighted by molar-refractivity contribution is 5.86. The van der Waals surface area contributed by atoms with E-state index < -0.39 is 0 Å². The topological polar surface area (TPSA) is 26.3 Å². The van der Waals surface area contributed by atoms with Gasteiger partial charge in [-0.15, -0.1) is 12.4 Å². The maximum absolute atomic E-state index is 11.0. The number of benzene rings is 1. The molecular weight excluding hydrogens is 248 g/mol. The lowest BCUT2D eigenvalue weighted by Gasteiger charge is -2.09. The second-order valence-corrected chi connectivity index (χ2v) is 4.50. The molecule has 2 nitrogen and oxygen atoms in total. The van der Waals surface area contributed by atoms with Crippen LogP contribution in [0.1, 0.15) is 42.7 Å². The first-order valence-corrected chi connectivity index (χ1v) is 6.15. The third-order valence-electron chi connectivity index (χ3n) is 3.38. The van der Waals surface area contributed by atoms with Gasteiger partial charge >= 0.3 is 5.97 Å². The number of rotatable bonds is 3. The molecule has 1 saturated carbocycles. The van der Waals surface area contributed by atoms with Crippen molar-refractivity contribution in [3.05, 3.63) is 41.5 Å². The standard InChI is InChI=1S/C15H18O2.ClH/c1-17-15(16)11-8-12-6-9-14(10-7-12)13-4-2-3-5-13;/h6-11,13H,2-5H2,1H3;1H/b11-8+;. The molecule has 3 heteroatoms. The van der Waals surface area contributed by atoms with Crippen molar-refractivity contribution in [3.8, 4) is 0 Å². The summed E-state index contributed by atoms with van der Waals surface area (Å²) in [4.78, 5) is 11.0. The van der Waals surface area contributed by atoms with E-state index in [2.05, 4.69) is 29.0 Å². The predicted octanol–water partition coefficient (Wildman–Crippen LogP) is 3.95. The van der Waals surface area contributed by atoms with Gasteiger partial charge < -0.3 is 4.74 Å². The van der Waals surface area contributed by atoms with E-state index in [9.17, 15) is 4.79 Å². The fourth-order valence-corrected chi connectivity index (χ4v) is 2.37. The number of hydrogen-bond acceptors (Lipinski definition) is 2. The monoisotopic (exact) mass is 266 g/mol. The summed E-state index contributed by atoms with van der Waals surface area (Å²) in [5, 5.41) is 0. The molecule has 2 rings (SSSR count). The number of carbonyl (C=O) groups is 1. The molecule has 0 aromatic heterocycles. The normalized spacial score (nSPS) is 15.6. The molecule has 0 radical (unpaired) electrons. The molecule has 0 aliphatic heterocycles. The summed E-state index contributed by atoms with van der Waals surface area (Å²) in [6, 6.07) is 8.47. The van der Waals surface area contributed by atoms with Crippen LogP contribution in [0.3, 0.4) is 0 Å². The summed E-state index contributed by atoms with van der Waals surface area (Å²) in [5.41, 5.74) is 2.47. The SMILES string of the molecule is COC(=O)/C=C/c1ccc(C2CCCC2)cc1.Cl. The lowest BCUT2D eigenvalue weighted by Crippen LogP contribution is -1.94. The largest absolute Gasteiger partial charge is 0.466 e. The van der Waals surface area contributed by atoms with Crippen LogP contribution in [0.5, 0.6) is 0 Å². The van der Waals surface area contributed by atoms with Crippen molar-refractivity contribution in [2.24, 2.45) is 0 Å². The molecule has 0 amide bonds. The number of methoxy groups -OCH3 is 1. The molecule has 0 saturated heterocycles. The zero-order valence-corrected chi connectivity index (χ0v) is 11.4. The molecule has 0 bridgehead atoms. The van der Waals surface area contributed by atoms with Crippen LogP contribution in [0, 0.1) is 0 Å². The Bertz CT molecular complexity index is 403. The van der Waals surface area contributed by atoms with Crippen molar-refractivity contribution in [2.45, 2.75) is 31.6 Å². The molecule has 1 aliphatic rings. The summed E-state index contributed by atoms with van der Waals surface area (Å²) in [6.45, 7) is 0. The lowest BCUT2D eigenvalue weighted by atomic mass is 9.97. The van der Waals surface area contributed by atoms with Gasteiger partial charge in [0, 0.05) is 6.08 Å². The molecule has 1 aromatic rings. The first-order chi connectivity index (χ1) is 8.29. The number of carbonyl (C=O) groups excluding carboxylic acids is 1. The van der Waals surface area contributed by atoms with E-state index in [0.717, 1.165) is 11.5 Å². The van der Waals surface area contributed by atoms with Crippen molar-refractivity contribution in [1.82, 2.24) is 0 Å². The van der Waals surface area contributed by atoms with E-state index in [1.54, 1.807) is 6.08 Å². The second-order valence-electron chi connectivity index (χ2n) is 4.50. The van der Waals surface area contributed by atoms with Crippen LogP contribution in [0.25, 0.3) is 6.08 Å². The molecule has 0 spiro atoms. The molecule has 0 atom stereocenters. The van der Waals surface area contributed by atoms with Crippen LogP contribution in [0.15, 0.2) is 30.3 Å². The minimum atomic E-state index is -0.315. The first-order valence-electron chi connectivity index (χ1n) is 6.15. The highest BCUT2D eigenvalue weighted by Crippen LogP contribution is 2.33. The third kappa shape index (κ3) is 3.88. The minimum Gasteiger partial charge on any atom is -0.466 e. The summed E-state index contributed by atoms with van der Waals surface area (Å²) >= 11 is 0. The Morgan fingerprint density at radius 1 is 1.22 bits per heavy atom. The maximum atomic E-state index is 11.0. The van der Waals surface area contributed by atoms with E-state index in [1.165, 1.54) is 44.4 Å². The van der Waals surface area contributed by atoms with Crippen molar-refractivity contribution >= 4 is 24.5 Å². The van der Waals surface area contributed by atoms with Crippen LogP contribution in [-0.2, 0) is 9.53 Å². The van der Waals surface area contributed by atoms with Gasteiger partial charge in [-0.3, -0.25) is 0 Å². The number of ether oxygens (including phenoxy) is 1. The average molecular weight is 267 g/mol. The first kappa shape index (κ1) is 14.8. The van der Waals surface area contributed by atoms with Gasteiger partial charge in [0.05, 0.1) is 7.11 Å². The molecule has 0 heterocycles. The van der Waals surface area contributed by atoms with Crippen LogP contribution in [0.2, 0.25) is 0 Å². The highest BCUT2D eigenvalue weighted by Gasteiger charge is 2.16. The smallest absolute Gasteiger partial charge is 0.330 e. The van der Waals surface area contributed by atoms with Gasteiger partial charge in [0.25, 0.3) is 0 Å². The number of halogens is 1. The Balaban J connectivity index is 0.00000162. The highest BCUT2D eigenvalue weighted by atomic mass is 35.5. The lowest BCUT2D eigenvalue weighted by molar-refractivity contribution is -0.134. The van der Waals surface area contributed by atoms with E-state index in [0.29, 0.717) is 0 Å². The van der Waals surface area contributed by atoms with Crippen molar-refractivity contribution in [2.75, 3.05) is 7.11 Å². The Morgan fingerprint density at radius 2 is 1.83 bits per heavy atom. The van der Waals surface area contributed by atoms with Gasteiger partial charge in [0.1, 0.15) is 0 Å². The Kier molecular flexibility index (Phi) is 5.93. The quantitative estimate of drug-likeness (QED) is 0.612. The summed E-state index contributed by atoms with van der Waals surface area (Å²) in [7, 11) is 1.38. The molecule has 18 heavy (non-hydrogen) atoms. The number of esters is 1. The van der Waals surface area contributed by atoms with E-state index in [-0.39, 0.29) is 18.4 Å². The van der Waals surface area contributed by atoms with Crippen LogP contribution in [0.4, 0.5) is 0 Å². The summed E-state index contributed by atoms with van der Waals surface area (Å²) < 4.78 is 4.55. The molecule has 0 N–H and O–H groups in total. The molecule has 1 fully saturated rings. The van der Waals surface area contributed by atoms with Gasteiger partial charge in [-0.2, -0.15) is 0 Å². The molecule has 1 aromatic carbocycles. The van der Waals surface area contributed by atoms with Crippen LogP contribution >= 0.6 is 12.4 Å². The van der Waals surface area contributed by atoms with Crippen molar-refractivity contribution < 1.29 is 9.53 Å². The van der Waals surface area contributed by atoms with Gasteiger partial charge in [-0.1, -0.05) is 37.1 Å². The second kappa shape index (κ2) is 7.22. The van der Waals surface area contributed by atoms with Crippen molar-refractivity contribution in [3.63, 3.8) is 0 Å². The zero-order chi connectivity index (χ0) is 12.1. The van der Waals surface area contributed by atoms with Gasteiger partial charge in [-0.25, -0.2) is 4.79 Å². The van der Waals surface area contributed by atoms with E-state index in [1.807, 2.05) is 0 Å². The Hall–Kier alpha value is -1.28. The van der Waals surface area contributed by atoms with Crippen molar-refractivity contribution in [1.29, 1.82) is 0 Å². The zero-order valence-electron chi connectivity index (χ0n) is 10.6. The summed E-state index contributed by atoms with van der Waals surface area (Å²) in [5.74, 6) is 0.429. The van der Waals surface area contributed by atoms with Gasteiger partial charge in [0.2, 0.25) is 0 Å². The van der Waals surface area contributed by atoms with E-state index >= 15 is 0 Å². The fraction of sp³-hybridized carbons (Fsp3) is 0.400.